The fourth-order valence-electron chi connectivity index (χ4n) is 2.43. The van der Waals surface area contributed by atoms with Crippen LogP contribution in [0.2, 0.25) is 4.34 Å². The highest BCUT2D eigenvalue weighted by atomic mass is 35.5. The Morgan fingerprint density at radius 1 is 1.40 bits per heavy atom. The molecule has 0 aromatic carbocycles. The summed E-state index contributed by atoms with van der Waals surface area (Å²) >= 11 is 6.99. The lowest BCUT2D eigenvalue weighted by Gasteiger charge is -2.35. The molecule has 2 rings (SSSR count). The fourth-order valence-corrected chi connectivity index (χ4v) is 3.50. The lowest BCUT2D eigenvalue weighted by atomic mass is 9.94. The molecule has 1 unspecified atom stereocenters. The largest absolute Gasteiger partial charge is 0.391 e. The first-order chi connectivity index (χ1) is 9.29. The minimum Gasteiger partial charge on any atom is -0.293 e. The zero-order valence-corrected chi connectivity index (χ0v) is 12.5. The SMILES string of the molecule is CC(C(=O)c1ccc(Cl)s1)N1CCC(C(F)(F)F)CC1. The van der Waals surface area contributed by atoms with E-state index in [4.69, 9.17) is 11.6 Å². The van der Waals surface area contributed by atoms with Crippen LogP contribution in [0, 0.1) is 5.92 Å². The van der Waals surface area contributed by atoms with E-state index in [2.05, 4.69) is 0 Å². The van der Waals surface area contributed by atoms with Crippen LogP contribution < -0.4 is 0 Å². The molecule has 1 saturated heterocycles. The van der Waals surface area contributed by atoms with Gasteiger partial charge in [0.15, 0.2) is 5.78 Å². The van der Waals surface area contributed by atoms with Gasteiger partial charge >= 0.3 is 6.18 Å². The highest BCUT2D eigenvalue weighted by Gasteiger charge is 2.42. The number of hydrogen-bond donors (Lipinski definition) is 0. The Morgan fingerprint density at radius 3 is 2.45 bits per heavy atom. The highest BCUT2D eigenvalue weighted by Crippen LogP contribution is 2.35. The summed E-state index contributed by atoms with van der Waals surface area (Å²) in [5, 5.41) is 0. The number of alkyl halides is 3. The second kappa shape index (κ2) is 6.03. The molecule has 1 aliphatic heterocycles. The van der Waals surface area contributed by atoms with Gasteiger partial charge in [-0.2, -0.15) is 13.2 Å². The zero-order chi connectivity index (χ0) is 14.9. The minimum atomic E-state index is -4.12. The van der Waals surface area contributed by atoms with E-state index in [0.717, 1.165) is 0 Å². The van der Waals surface area contributed by atoms with Crippen LogP contribution in [0.25, 0.3) is 0 Å². The molecule has 0 aliphatic carbocycles. The molecule has 0 bridgehead atoms. The van der Waals surface area contributed by atoms with Crippen LogP contribution in [-0.4, -0.2) is 36.0 Å². The molecule has 20 heavy (non-hydrogen) atoms. The van der Waals surface area contributed by atoms with E-state index in [9.17, 15) is 18.0 Å². The Kier molecular flexibility index (Phi) is 4.76. The van der Waals surface area contributed by atoms with Crippen molar-refractivity contribution < 1.29 is 18.0 Å². The van der Waals surface area contributed by atoms with Gasteiger partial charge in [0.2, 0.25) is 0 Å². The lowest BCUT2D eigenvalue weighted by molar-refractivity contribution is -0.185. The first kappa shape index (κ1) is 15.8. The highest BCUT2D eigenvalue weighted by molar-refractivity contribution is 7.18. The third kappa shape index (κ3) is 3.54. The van der Waals surface area contributed by atoms with Crippen molar-refractivity contribution in [1.29, 1.82) is 0 Å². The molecule has 0 radical (unpaired) electrons. The van der Waals surface area contributed by atoms with Crippen LogP contribution in [-0.2, 0) is 0 Å². The van der Waals surface area contributed by atoms with Crippen molar-refractivity contribution in [3.63, 3.8) is 0 Å². The zero-order valence-electron chi connectivity index (χ0n) is 10.9. The predicted molar refractivity (Wildman–Crippen MR) is 73.5 cm³/mol. The van der Waals surface area contributed by atoms with E-state index in [-0.39, 0.29) is 18.6 Å². The molecule has 112 valence electrons. The van der Waals surface area contributed by atoms with Crippen LogP contribution >= 0.6 is 22.9 Å². The fraction of sp³-hybridized carbons (Fsp3) is 0.615. The lowest BCUT2D eigenvalue weighted by Crippen LogP contribution is -2.46. The second-order valence-corrected chi connectivity index (χ2v) is 6.71. The maximum Gasteiger partial charge on any atom is 0.391 e. The van der Waals surface area contributed by atoms with Gasteiger partial charge in [-0.15, -0.1) is 11.3 Å². The van der Waals surface area contributed by atoms with Gasteiger partial charge in [-0.05, 0) is 45.0 Å². The van der Waals surface area contributed by atoms with Crippen molar-refractivity contribution >= 4 is 28.7 Å². The Labute approximate surface area is 124 Å². The van der Waals surface area contributed by atoms with Gasteiger partial charge in [0.05, 0.1) is 21.2 Å². The van der Waals surface area contributed by atoms with Crippen LogP contribution in [0.3, 0.4) is 0 Å². The Balaban J connectivity index is 1.95. The van der Waals surface area contributed by atoms with Gasteiger partial charge < -0.3 is 0 Å². The number of rotatable bonds is 3. The number of likely N-dealkylation sites (tertiary alicyclic amines) is 1. The summed E-state index contributed by atoms with van der Waals surface area (Å²) in [5.74, 6) is -1.32. The van der Waals surface area contributed by atoms with Crippen molar-refractivity contribution in [3.8, 4) is 0 Å². The monoisotopic (exact) mass is 325 g/mol. The summed E-state index contributed by atoms with van der Waals surface area (Å²) in [5.41, 5.74) is 0. The first-order valence-electron chi connectivity index (χ1n) is 6.39. The van der Waals surface area contributed by atoms with Crippen molar-refractivity contribution in [2.45, 2.75) is 32.0 Å². The van der Waals surface area contributed by atoms with Crippen molar-refractivity contribution in [1.82, 2.24) is 4.90 Å². The number of thiophene rings is 1. The smallest absolute Gasteiger partial charge is 0.293 e. The Hall–Kier alpha value is -0.590. The third-order valence-corrected chi connectivity index (χ3v) is 4.98. The topological polar surface area (TPSA) is 20.3 Å². The van der Waals surface area contributed by atoms with Crippen molar-refractivity contribution in [2.24, 2.45) is 5.92 Å². The van der Waals surface area contributed by atoms with Gasteiger partial charge in [0.25, 0.3) is 0 Å². The number of nitrogens with zero attached hydrogens (tertiary/aromatic N) is 1. The molecule has 0 amide bonds. The molecule has 7 heteroatoms. The molecule has 0 spiro atoms. The molecular formula is C13H15ClF3NOS. The predicted octanol–water partition coefficient (Wildman–Crippen LogP) is 4.25. The molecule has 1 atom stereocenters. The maximum absolute atomic E-state index is 12.6. The van der Waals surface area contributed by atoms with E-state index in [0.29, 0.717) is 22.3 Å². The van der Waals surface area contributed by atoms with E-state index >= 15 is 0 Å². The van der Waals surface area contributed by atoms with Gasteiger partial charge in [-0.3, -0.25) is 9.69 Å². The van der Waals surface area contributed by atoms with Gasteiger partial charge in [0, 0.05) is 0 Å². The van der Waals surface area contributed by atoms with Crippen LogP contribution in [0.15, 0.2) is 12.1 Å². The second-order valence-electron chi connectivity index (χ2n) is 5.00. The van der Waals surface area contributed by atoms with Crippen molar-refractivity contribution in [3.05, 3.63) is 21.3 Å². The molecule has 2 heterocycles. The van der Waals surface area contributed by atoms with Gasteiger partial charge in [-0.1, -0.05) is 11.6 Å². The number of carbonyl (C=O) groups is 1. The molecule has 1 aliphatic rings. The standard InChI is InChI=1S/C13H15ClF3NOS/c1-8(12(19)10-2-3-11(14)20-10)18-6-4-9(5-7-18)13(15,16)17/h2-3,8-9H,4-7H2,1H3. The molecule has 1 fully saturated rings. The quantitative estimate of drug-likeness (QED) is 0.774. The summed E-state index contributed by atoms with van der Waals surface area (Å²) < 4.78 is 38.3. The number of piperidine rings is 1. The molecule has 2 nitrogen and oxygen atoms in total. The van der Waals surface area contributed by atoms with E-state index < -0.39 is 18.1 Å². The number of ketones is 1. The first-order valence-corrected chi connectivity index (χ1v) is 7.59. The maximum atomic E-state index is 12.6. The van der Waals surface area contributed by atoms with Crippen LogP contribution in [0.1, 0.15) is 29.4 Å². The Bertz CT molecular complexity index is 480. The van der Waals surface area contributed by atoms with Crippen LogP contribution in [0.5, 0.6) is 0 Å². The van der Waals surface area contributed by atoms with E-state index in [1.54, 1.807) is 19.1 Å². The van der Waals surface area contributed by atoms with E-state index in [1.807, 2.05) is 4.90 Å². The van der Waals surface area contributed by atoms with E-state index in [1.165, 1.54) is 11.3 Å². The summed E-state index contributed by atoms with van der Waals surface area (Å²) in [6.45, 7) is 2.34. The summed E-state index contributed by atoms with van der Waals surface area (Å²) in [4.78, 5) is 14.6. The molecule has 1 aromatic heterocycles. The number of carbonyl (C=O) groups excluding carboxylic acids is 1. The number of halogens is 4. The van der Waals surface area contributed by atoms with Crippen LogP contribution in [0.4, 0.5) is 13.2 Å². The number of Topliss-reactive ketones (excluding diaryl/α,β-unsaturated/α-hetero) is 1. The average molecular weight is 326 g/mol. The molecule has 0 N–H and O–H groups in total. The average Bonchev–Trinajstić information content (AvgIpc) is 2.83. The molecular weight excluding hydrogens is 311 g/mol. The van der Waals surface area contributed by atoms with Crippen molar-refractivity contribution in [2.75, 3.05) is 13.1 Å². The summed E-state index contributed by atoms with van der Waals surface area (Å²) in [6.07, 6.45) is -4.00. The molecule has 0 saturated carbocycles. The Morgan fingerprint density at radius 2 is 2.00 bits per heavy atom. The van der Waals surface area contributed by atoms with Gasteiger partial charge in [-0.25, -0.2) is 0 Å². The molecule has 1 aromatic rings. The summed E-state index contributed by atoms with van der Waals surface area (Å²) in [7, 11) is 0. The third-order valence-electron chi connectivity index (χ3n) is 3.74. The number of hydrogen-bond acceptors (Lipinski definition) is 3. The minimum absolute atomic E-state index is 0.0618. The van der Waals surface area contributed by atoms with Gasteiger partial charge in [0.1, 0.15) is 0 Å². The summed E-state index contributed by atoms with van der Waals surface area (Å²) in [6, 6.07) is 2.91. The normalized spacial score (nSPS) is 20.1.